The Morgan fingerprint density at radius 1 is 1.24 bits per heavy atom. The number of aliphatic carboxylic acids is 1. The van der Waals surface area contributed by atoms with Crippen LogP contribution in [0.1, 0.15) is 39.9 Å². The summed E-state index contributed by atoms with van der Waals surface area (Å²) < 4.78 is 5.88. The minimum absolute atomic E-state index is 0.0411. The van der Waals surface area contributed by atoms with E-state index in [0.717, 1.165) is 22.4 Å². The first-order chi connectivity index (χ1) is 12.0. The zero-order valence-electron chi connectivity index (χ0n) is 14.4. The first-order valence-electron chi connectivity index (χ1n) is 8.10. The van der Waals surface area contributed by atoms with Crippen molar-refractivity contribution in [2.24, 2.45) is 0 Å². The van der Waals surface area contributed by atoms with E-state index >= 15 is 0 Å². The molecule has 0 saturated heterocycles. The highest BCUT2D eigenvalue weighted by atomic mass is 16.5. The Labute approximate surface area is 146 Å². The number of aromatic nitrogens is 1. The molecule has 25 heavy (non-hydrogen) atoms. The zero-order chi connectivity index (χ0) is 18.2. The second kappa shape index (κ2) is 8.82. The smallest absolute Gasteiger partial charge is 0.303 e. The van der Waals surface area contributed by atoms with E-state index in [1.807, 2.05) is 26.0 Å². The number of carboxylic acid groups (broad SMARTS) is 1. The molecule has 6 heteroatoms. The molecule has 0 aliphatic rings. The van der Waals surface area contributed by atoms with E-state index in [9.17, 15) is 9.59 Å². The minimum Gasteiger partial charge on any atom is -0.488 e. The molecule has 1 aromatic carbocycles. The lowest BCUT2D eigenvalue weighted by Crippen LogP contribution is -2.25. The van der Waals surface area contributed by atoms with Crippen molar-refractivity contribution < 1.29 is 19.4 Å². The lowest BCUT2D eigenvalue weighted by molar-refractivity contribution is -0.137. The molecule has 0 fully saturated rings. The number of aryl methyl sites for hydroxylation is 2. The van der Waals surface area contributed by atoms with E-state index in [1.54, 1.807) is 24.5 Å². The van der Waals surface area contributed by atoms with Crippen LogP contribution in [0.2, 0.25) is 0 Å². The highest BCUT2D eigenvalue weighted by molar-refractivity contribution is 5.94. The average molecular weight is 342 g/mol. The molecule has 0 saturated carbocycles. The first kappa shape index (κ1) is 18.4. The Bertz CT molecular complexity index is 721. The van der Waals surface area contributed by atoms with Crippen LogP contribution in [-0.4, -0.2) is 28.5 Å². The Hall–Kier alpha value is -2.89. The summed E-state index contributed by atoms with van der Waals surface area (Å²) in [7, 11) is 0. The van der Waals surface area contributed by atoms with Gasteiger partial charge in [0.2, 0.25) is 0 Å². The number of benzene rings is 1. The van der Waals surface area contributed by atoms with Crippen LogP contribution in [0, 0.1) is 13.8 Å². The second-order valence-corrected chi connectivity index (χ2v) is 5.84. The van der Waals surface area contributed by atoms with Crippen molar-refractivity contribution in [1.29, 1.82) is 0 Å². The Kier molecular flexibility index (Phi) is 6.51. The zero-order valence-corrected chi connectivity index (χ0v) is 14.4. The molecule has 0 aliphatic carbocycles. The molecule has 2 rings (SSSR count). The Morgan fingerprint density at radius 3 is 2.56 bits per heavy atom. The second-order valence-electron chi connectivity index (χ2n) is 5.84. The molecule has 132 valence electrons. The van der Waals surface area contributed by atoms with E-state index in [-0.39, 0.29) is 12.3 Å². The van der Waals surface area contributed by atoms with E-state index in [4.69, 9.17) is 9.84 Å². The molecular weight excluding hydrogens is 320 g/mol. The van der Waals surface area contributed by atoms with Crippen molar-refractivity contribution in [3.05, 3.63) is 58.9 Å². The summed E-state index contributed by atoms with van der Waals surface area (Å²) in [5, 5.41) is 11.3. The molecule has 1 aromatic heterocycles. The van der Waals surface area contributed by atoms with Crippen LogP contribution < -0.4 is 10.1 Å². The highest BCUT2D eigenvalue weighted by Gasteiger charge is 2.12. The number of carbonyl (C=O) groups is 2. The molecule has 0 radical (unpaired) electrons. The third-order valence-electron chi connectivity index (χ3n) is 3.68. The fourth-order valence-corrected chi connectivity index (χ4v) is 2.49. The maximum atomic E-state index is 12.2. The van der Waals surface area contributed by atoms with Gasteiger partial charge in [-0.25, -0.2) is 0 Å². The van der Waals surface area contributed by atoms with Crippen molar-refractivity contribution in [2.75, 3.05) is 6.54 Å². The van der Waals surface area contributed by atoms with Gasteiger partial charge in [0.15, 0.2) is 0 Å². The lowest BCUT2D eigenvalue weighted by atomic mass is 10.0. The molecule has 0 aliphatic heterocycles. The number of amides is 1. The highest BCUT2D eigenvalue weighted by Crippen LogP contribution is 2.25. The fourth-order valence-electron chi connectivity index (χ4n) is 2.49. The predicted octanol–water partition coefficient (Wildman–Crippen LogP) is 2.87. The van der Waals surface area contributed by atoms with Gasteiger partial charge in [0.1, 0.15) is 12.4 Å². The van der Waals surface area contributed by atoms with E-state index in [1.165, 1.54) is 0 Å². The van der Waals surface area contributed by atoms with Gasteiger partial charge < -0.3 is 15.2 Å². The third kappa shape index (κ3) is 5.60. The number of carbonyl (C=O) groups excluding carboxylic acids is 1. The lowest BCUT2D eigenvalue weighted by Gasteiger charge is -2.14. The maximum absolute atomic E-state index is 12.2. The maximum Gasteiger partial charge on any atom is 0.303 e. The van der Waals surface area contributed by atoms with Gasteiger partial charge in [-0.1, -0.05) is 6.07 Å². The molecule has 2 N–H and O–H groups in total. The SMILES string of the molecule is Cc1cc(C(=O)NCCCC(=O)O)cc(C)c1OCc1cccnc1. The fraction of sp³-hybridized carbons (Fsp3) is 0.316. The summed E-state index contributed by atoms with van der Waals surface area (Å²) in [5.41, 5.74) is 3.26. The standard InChI is InChI=1S/C19H22N2O4/c1-13-9-16(19(24)21-8-4-6-17(22)23)10-14(2)18(13)25-12-15-5-3-7-20-11-15/h3,5,7,9-11H,4,6,8,12H2,1-2H3,(H,21,24)(H,22,23). The van der Waals surface area contributed by atoms with E-state index < -0.39 is 5.97 Å². The number of nitrogens with one attached hydrogen (secondary N) is 1. The topological polar surface area (TPSA) is 88.5 Å². The summed E-state index contributed by atoms with van der Waals surface area (Å²) in [4.78, 5) is 26.7. The van der Waals surface area contributed by atoms with Gasteiger partial charge >= 0.3 is 5.97 Å². The normalized spacial score (nSPS) is 10.3. The van der Waals surface area contributed by atoms with Crippen LogP contribution in [0.5, 0.6) is 5.75 Å². The van der Waals surface area contributed by atoms with Gasteiger partial charge in [0.25, 0.3) is 5.91 Å². The van der Waals surface area contributed by atoms with Crippen LogP contribution in [-0.2, 0) is 11.4 Å². The van der Waals surface area contributed by atoms with Gasteiger partial charge in [-0.3, -0.25) is 14.6 Å². The predicted molar refractivity (Wildman–Crippen MR) is 93.7 cm³/mol. The van der Waals surface area contributed by atoms with Gasteiger partial charge in [-0.2, -0.15) is 0 Å². The van der Waals surface area contributed by atoms with E-state index in [2.05, 4.69) is 10.3 Å². The molecule has 0 spiro atoms. The number of pyridine rings is 1. The molecule has 1 amide bonds. The van der Waals surface area contributed by atoms with Crippen molar-refractivity contribution in [3.63, 3.8) is 0 Å². The molecule has 1 heterocycles. The van der Waals surface area contributed by atoms with Gasteiger partial charge in [-0.15, -0.1) is 0 Å². The van der Waals surface area contributed by atoms with Crippen molar-refractivity contribution >= 4 is 11.9 Å². The summed E-state index contributed by atoms with van der Waals surface area (Å²) in [6, 6.07) is 7.35. The summed E-state index contributed by atoms with van der Waals surface area (Å²) in [6.07, 6.45) is 3.91. The first-order valence-corrected chi connectivity index (χ1v) is 8.10. The third-order valence-corrected chi connectivity index (χ3v) is 3.68. The van der Waals surface area contributed by atoms with Crippen LogP contribution in [0.25, 0.3) is 0 Å². The van der Waals surface area contributed by atoms with Gasteiger partial charge in [-0.05, 0) is 49.6 Å². The largest absolute Gasteiger partial charge is 0.488 e. The summed E-state index contributed by atoms with van der Waals surface area (Å²) in [6.45, 7) is 4.54. The van der Waals surface area contributed by atoms with Crippen LogP contribution >= 0.6 is 0 Å². The van der Waals surface area contributed by atoms with Crippen LogP contribution in [0.4, 0.5) is 0 Å². The molecule has 0 atom stereocenters. The number of ether oxygens (including phenoxy) is 1. The number of hydrogen-bond donors (Lipinski definition) is 2. The number of carboxylic acids is 1. The monoisotopic (exact) mass is 342 g/mol. The molecule has 0 bridgehead atoms. The van der Waals surface area contributed by atoms with Gasteiger partial charge in [0.05, 0.1) is 0 Å². The van der Waals surface area contributed by atoms with Crippen LogP contribution in [0.15, 0.2) is 36.7 Å². The number of nitrogens with zero attached hydrogens (tertiary/aromatic N) is 1. The van der Waals surface area contributed by atoms with Crippen molar-refractivity contribution in [2.45, 2.75) is 33.3 Å². The van der Waals surface area contributed by atoms with Crippen molar-refractivity contribution in [3.8, 4) is 5.75 Å². The minimum atomic E-state index is -0.865. The van der Waals surface area contributed by atoms with Crippen molar-refractivity contribution in [1.82, 2.24) is 10.3 Å². The molecule has 2 aromatic rings. The quantitative estimate of drug-likeness (QED) is 0.720. The van der Waals surface area contributed by atoms with E-state index in [0.29, 0.717) is 25.1 Å². The summed E-state index contributed by atoms with van der Waals surface area (Å²) >= 11 is 0. The Balaban J connectivity index is 1.98. The van der Waals surface area contributed by atoms with Gasteiger partial charge in [0, 0.05) is 36.5 Å². The number of hydrogen-bond acceptors (Lipinski definition) is 4. The Morgan fingerprint density at radius 2 is 1.96 bits per heavy atom. The average Bonchev–Trinajstić information content (AvgIpc) is 2.58. The molecule has 0 unspecified atom stereocenters. The summed E-state index contributed by atoms with van der Waals surface area (Å²) in [5.74, 6) is -0.322. The molecular formula is C19H22N2O4. The number of rotatable bonds is 8. The van der Waals surface area contributed by atoms with Crippen LogP contribution in [0.3, 0.4) is 0 Å². The molecule has 6 nitrogen and oxygen atoms in total.